The molecule has 1 aromatic heterocycles. The highest BCUT2D eigenvalue weighted by molar-refractivity contribution is 9.10. The van der Waals surface area contributed by atoms with Crippen LogP contribution in [0.1, 0.15) is 4.88 Å². The van der Waals surface area contributed by atoms with Gasteiger partial charge >= 0.3 is 0 Å². The Kier molecular flexibility index (Phi) is 6.17. The molecule has 1 amide bonds. The molecule has 3 nitrogen and oxygen atoms in total. The summed E-state index contributed by atoms with van der Waals surface area (Å²) in [5.41, 5.74) is 1.17. The first kappa shape index (κ1) is 15.9. The van der Waals surface area contributed by atoms with Crippen LogP contribution in [0.3, 0.4) is 0 Å². The molecule has 0 spiro atoms. The van der Waals surface area contributed by atoms with E-state index < -0.39 is 0 Å². The molecule has 0 unspecified atom stereocenters. The molecule has 5 heteroatoms. The molecule has 0 saturated heterocycles. The second-order valence-electron chi connectivity index (χ2n) is 4.33. The molecular weight excluding hydrogens is 350 g/mol. The van der Waals surface area contributed by atoms with Crippen molar-refractivity contribution in [3.05, 3.63) is 51.8 Å². The van der Waals surface area contributed by atoms with E-state index in [0.717, 1.165) is 9.35 Å². The van der Waals surface area contributed by atoms with E-state index in [1.807, 2.05) is 24.3 Å². The number of hydrogen-bond acceptors (Lipinski definition) is 3. The van der Waals surface area contributed by atoms with Crippen molar-refractivity contribution in [3.63, 3.8) is 0 Å². The second kappa shape index (κ2) is 8.12. The number of amides is 1. The minimum absolute atomic E-state index is 0.106. The molecule has 0 bridgehead atoms. The normalized spacial score (nSPS) is 11.0. The van der Waals surface area contributed by atoms with Crippen molar-refractivity contribution in [3.8, 4) is 10.4 Å². The van der Waals surface area contributed by atoms with E-state index in [1.54, 1.807) is 24.5 Å². The highest BCUT2D eigenvalue weighted by Crippen LogP contribution is 2.29. The van der Waals surface area contributed by atoms with E-state index in [2.05, 4.69) is 39.4 Å². The molecule has 0 aliphatic carbocycles. The number of methoxy groups -OCH3 is 1. The third-order valence-electron chi connectivity index (χ3n) is 2.76. The fourth-order valence-corrected chi connectivity index (χ4v) is 2.89. The summed E-state index contributed by atoms with van der Waals surface area (Å²) in [4.78, 5) is 13.8. The Balaban J connectivity index is 1.96. The predicted molar refractivity (Wildman–Crippen MR) is 91.4 cm³/mol. The van der Waals surface area contributed by atoms with Gasteiger partial charge in [-0.15, -0.1) is 11.3 Å². The second-order valence-corrected chi connectivity index (χ2v) is 6.36. The molecule has 0 radical (unpaired) electrons. The third kappa shape index (κ3) is 5.12. The molecule has 0 aliphatic heterocycles. The third-order valence-corrected chi connectivity index (χ3v) is 4.39. The SMILES string of the molecule is COCCNC(=O)C=Cc1ccc(-c2ccc(Br)cc2)s1. The number of carbonyl (C=O) groups is 1. The Hall–Kier alpha value is -1.43. The average Bonchev–Trinajstić information content (AvgIpc) is 2.95. The number of nitrogens with one attached hydrogen (secondary N) is 1. The number of ether oxygens (including phenoxy) is 1. The van der Waals surface area contributed by atoms with Crippen LogP contribution < -0.4 is 5.32 Å². The molecule has 0 aliphatic rings. The fourth-order valence-electron chi connectivity index (χ4n) is 1.70. The molecule has 1 aromatic carbocycles. The van der Waals surface area contributed by atoms with E-state index in [-0.39, 0.29) is 5.91 Å². The van der Waals surface area contributed by atoms with E-state index in [9.17, 15) is 4.79 Å². The lowest BCUT2D eigenvalue weighted by Crippen LogP contribution is -2.24. The van der Waals surface area contributed by atoms with Crippen LogP contribution in [-0.4, -0.2) is 26.2 Å². The van der Waals surface area contributed by atoms with E-state index in [4.69, 9.17) is 4.74 Å². The molecule has 1 heterocycles. The van der Waals surface area contributed by atoms with E-state index >= 15 is 0 Å². The zero-order valence-corrected chi connectivity index (χ0v) is 14.0. The Labute approximate surface area is 136 Å². The average molecular weight is 366 g/mol. The van der Waals surface area contributed by atoms with Gasteiger partial charge in [-0.3, -0.25) is 4.79 Å². The molecule has 110 valence electrons. The van der Waals surface area contributed by atoms with Gasteiger partial charge in [-0.05, 0) is 35.9 Å². The van der Waals surface area contributed by atoms with Crippen molar-refractivity contribution in [1.82, 2.24) is 5.32 Å². The number of benzene rings is 1. The van der Waals surface area contributed by atoms with Gasteiger partial charge in [0.15, 0.2) is 0 Å². The van der Waals surface area contributed by atoms with E-state index in [1.165, 1.54) is 10.4 Å². The van der Waals surface area contributed by atoms with E-state index in [0.29, 0.717) is 13.2 Å². The van der Waals surface area contributed by atoms with Crippen molar-refractivity contribution in [1.29, 1.82) is 0 Å². The minimum Gasteiger partial charge on any atom is -0.383 e. The van der Waals surface area contributed by atoms with Gasteiger partial charge in [-0.25, -0.2) is 0 Å². The van der Waals surface area contributed by atoms with Crippen LogP contribution in [0.15, 0.2) is 46.9 Å². The van der Waals surface area contributed by atoms with Crippen LogP contribution in [0.5, 0.6) is 0 Å². The Morgan fingerprint density at radius 3 is 2.76 bits per heavy atom. The summed E-state index contributed by atoms with van der Waals surface area (Å²) >= 11 is 5.08. The Bertz CT molecular complexity index is 619. The van der Waals surface area contributed by atoms with Gasteiger partial charge in [-0.1, -0.05) is 28.1 Å². The monoisotopic (exact) mass is 365 g/mol. The highest BCUT2D eigenvalue weighted by Gasteiger charge is 2.01. The summed E-state index contributed by atoms with van der Waals surface area (Å²) < 4.78 is 5.94. The first-order valence-electron chi connectivity index (χ1n) is 6.49. The van der Waals surface area contributed by atoms with Crippen LogP contribution >= 0.6 is 27.3 Å². The fraction of sp³-hybridized carbons (Fsp3) is 0.188. The number of halogens is 1. The van der Waals surface area contributed by atoms with Gasteiger partial charge in [0.2, 0.25) is 5.91 Å². The molecule has 21 heavy (non-hydrogen) atoms. The van der Waals surface area contributed by atoms with Crippen LogP contribution in [0.25, 0.3) is 16.5 Å². The number of hydrogen-bond donors (Lipinski definition) is 1. The molecule has 0 fully saturated rings. The molecule has 2 rings (SSSR count). The maximum Gasteiger partial charge on any atom is 0.244 e. The largest absolute Gasteiger partial charge is 0.383 e. The lowest BCUT2D eigenvalue weighted by atomic mass is 10.2. The topological polar surface area (TPSA) is 38.3 Å². The molecule has 1 N–H and O–H groups in total. The smallest absolute Gasteiger partial charge is 0.244 e. The molecule has 0 atom stereocenters. The number of rotatable bonds is 6. The summed E-state index contributed by atoms with van der Waals surface area (Å²) in [6, 6.07) is 12.3. The lowest BCUT2D eigenvalue weighted by Gasteiger charge is -1.99. The van der Waals surface area contributed by atoms with Crippen molar-refractivity contribution in [2.75, 3.05) is 20.3 Å². The quantitative estimate of drug-likeness (QED) is 0.621. The Morgan fingerprint density at radius 1 is 1.29 bits per heavy atom. The number of carbonyl (C=O) groups excluding carboxylic acids is 1. The van der Waals surface area contributed by atoms with Gasteiger partial charge in [0.05, 0.1) is 6.61 Å². The van der Waals surface area contributed by atoms with Crippen molar-refractivity contribution >= 4 is 39.2 Å². The van der Waals surface area contributed by atoms with Gasteiger partial charge in [0, 0.05) is 34.0 Å². The first-order chi connectivity index (χ1) is 10.2. The lowest BCUT2D eigenvalue weighted by molar-refractivity contribution is -0.116. The molecule has 2 aromatic rings. The molecule has 0 saturated carbocycles. The molecular formula is C16H16BrNO2S. The summed E-state index contributed by atoms with van der Waals surface area (Å²) in [5, 5.41) is 2.75. The van der Waals surface area contributed by atoms with Crippen LogP contribution in [-0.2, 0) is 9.53 Å². The minimum atomic E-state index is -0.106. The van der Waals surface area contributed by atoms with Gasteiger partial charge in [-0.2, -0.15) is 0 Å². The summed E-state index contributed by atoms with van der Waals surface area (Å²) in [6.07, 6.45) is 3.38. The van der Waals surface area contributed by atoms with Gasteiger partial charge in [0.1, 0.15) is 0 Å². The maximum atomic E-state index is 11.6. The summed E-state index contributed by atoms with van der Waals surface area (Å²) in [5.74, 6) is -0.106. The highest BCUT2D eigenvalue weighted by atomic mass is 79.9. The zero-order valence-electron chi connectivity index (χ0n) is 11.6. The van der Waals surface area contributed by atoms with Gasteiger partial charge < -0.3 is 10.1 Å². The van der Waals surface area contributed by atoms with Crippen molar-refractivity contribution in [2.45, 2.75) is 0 Å². The van der Waals surface area contributed by atoms with Crippen molar-refractivity contribution < 1.29 is 9.53 Å². The Morgan fingerprint density at radius 2 is 2.05 bits per heavy atom. The number of thiophene rings is 1. The summed E-state index contributed by atoms with van der Waals surface area (Å²) in [6.45, 7) is 1.04. The van der Waals surface area contributed by atoms with Crippen LogP contribution in [0, 0.1) is 0 Å². The van der Waals surface area contributed by atoms with Gasteiger partial charge in [0.25, 0.3) is 0 Å². The first-order valence-corrected chi connectivity index (χ1v) is 8.10. The predicted octanol–water partition coefficient (Wildman–Crippen LogP) is 3.95. The standard InChI is InChI=1S/C16H16BrNO2S/c1-20-11-10-18-16(19)9-7-14-6-8-15(21-14)12-2-4-13(17)5-3-12/h2-9H,10-11H2,1H3,(H,18,19). The van der Waals surface area contributed by atoms with Crippen LogP contribution in [0.2, 0.25) is 0 Å². The zero-order chi connectivity index (χ0) is 15.1. The summed E-state index contributed by atoms with van der Waals surface area (Å²) in [7, 11) is 1.61. The van der Waals surface area contributed by atoms with Crippen LogP contribution in [0.4, 0.5) is 0 Å². The maximum absolute atomic E-state index is 11.6. The van der Waals surface area contributed by atoms with Crippen molar-refractivity contribution in [2.24, 2.45) is 0 Å².